The van der Waals surface area contributed by atoms with Crippen LogP contribution in [0.25, 0.3) is 0 Å². The summed E-state index contributed by atoms with van der Waals surface area (Å²) in [6, 6.07) is 3.66. The van der Waals surface area contributed by atoms with Crippen molar-refractivity contribution in [3.05, 3.63) is 35.9 Å². The van der Waals surface area contributed by atoms with Gasteiger partial charge in [0.1, 0.15) is 5.69 Å². The van der Waals surface area contributed by atoms with Gasteiger partial charge in [-0.1, -0.05) is 21.6 Å². The molecule has 0 saturated carbocycles. The maximum absolute atomic E-state index is 12.4. The Morgan fingerprint density at radius 3 is 2.56 bits per heavy atom. The zero-order valence-corrected chi connectivity index (χ0v) is 17.1. The summed E-state index contributed by atoms with van der Waals surface area (Å²) < 4.78 is 3.92. The molecule has 2 heterocycles. The summed E-state index contributed by atoms with van der Waals surface area (Å²) in [5.74, 6) is -0.165. The number of aryl methyl sites for hydroxylation is 2. The molecule has 0 unspecified atom stereocenters. The van der Waals surface area contributed by atoms with Gasteiger partial charge in [0, 0.05) is 50.0 Å². The third-order valence-electron chi connectivity index (χ3n) is 3.79. The second-order valence-electron chi connectivity index (χ2n) is 6.67. The van der Waals surface area contributed by atoms with E-state index in [2.05, 4.69) is 30.7 Å². The lowest BCUT2D eigenvalue weighted by atomic mass is 10.2. The lowest BCUT2D eigenvalue weighted by Crippen LogP contribution is -2.31. The Kier molecular flexibility index (Phi) is 6.53. The van der Waals surface area contributed by atoms with E-state index in [1.807, 2.05) is 34.7 Å². The predicted octanol–water partition coefficient (Wildman–Crippen LogP) is 3.08. The number of hydrogen-bond donors (Lipinski definition) is 3. The first-order chi connectivity index (χ1) is 11.7. The zero-order valence-electron chi connectivity index (χ0n) is 15.4. The summed E-state index contributed by atoms with van der Waals surface area (Å²) in [6.45, 7) is 6.11. The minimum Gasteiger partial charge on any atom is -0.397 e. The fourth-order valence-electron chi connectivity index (χ4n) is 2.61. The summed E-state index contributed by atoms with van der Waals surface area (Å²) in [5, 5.41) is 6.42. The van der Waals surface area contributed by atoms with Crippen molar-refractivity contribution in [1.29, 1.82) is 0 Å². The molecule has 6 nitrogen and oxygen atoms in total. The van der Waals surface area contributed by atoms with Crippen LogP contribution in [0.4, 0.5) is 11.4 Å². The van der Waals surface area contributed by atoms with E-state index in [4.69, 9.17) is 5.73 Å². The molecule has 4 N–H and O–H groups in total. The maximum Gasteiger partial charge on any atom is 0.272 e. The van der Waals surface area contributed by atoms with E-state index < -0.39 is 0 Å². The molecule has 0 fully saturated rings. The van der Waals surface area contributed by atoms with Crippen molar-refractivity contribution in [2.75, 3.05) is 23.9 Å². The number of nitrogens with zero attached hydrogens (tertiary/aromatic N) is 2. The predicted molar refractivity (Wildman–Crippen MR) is 110 cm³/mol. The molecule has 138 valence electrons. The van der Waals surface area contributed by atoms with Crippen LogP contribution in [0.15, 0.2) is 24.5 Å². The van der Waals surface area contributed by atoms with Gasteiger partial charge >= 0.3 is 0 Å². The number of hydrogen-bond acceptors (Lipinski definition) is 5. The van der Waals surface area contributed by atoms with Gasteiger partial charge in [-0.3, -0.25) is 4.79 Å². The molecule has 0 aliphatic carbocycles. The van der Waals surface area contributed by atoms with Crippen LogP contribution in [0, 0.1) is 0 Å². The molecule has 0 aromatic carbocycles. The number of nitrogens with one attached hydrogen (secondary N) is 2. The molecule has 0 bridgehead atoms. The largest absolute Gasteiger partial charge is 0.397 e. The van der Waals surface area contributed by atoms with Crippen LogP contribution in [0.1, 0.15) is 30.0 Å². The van der Waals surface area contributed by atoms with Gasteiger partial charge in [-0.2, -0.15) is 0 Å². The van der Waals surface area contributed by atoms with Crippen molar-refractivity contribution in [2.24, 2.45) is 14.1 Å². The lowest BCUT2D eigenvalue weighted by Gasteiger charge is -2.22. The quantitative estimate of drug-likeness (QED) is 0.613. The average molecular weight is 382 g/mol. The van der Waals surface area contributed by atoms with E-state index in [-0.39, 0.29) is 10.7 Å². The number of amides is 1. The summed E-state index contributed by atoms with van der Waals surface area (Å²) >= 11 is 0. The van der Waals surface area contributed by atoms with Gasteiger partial charge < -0.3 is 25.5 Å². The number of nitrogens with two attached hydrogens (primary N) is 1. The topological polar surface area (TPSA) is 77.0 Å². The van der Waals surface area contributed by atoms with Gasteiger partial charge in [0.2, 0.25) is 0 Å². The van der Waals surface area contributed by atoms with E-state index in [0.717, 1.165) is 24.5 Å². The number of carbonyl (C=O) groups is 1. The Morgan fingerprint density at radius 2 is 1.96 bits per heavy atom. The molecule has 2 aromatic rings. The molecular weight excluding hydrogens is 354 g/mol. The van der Waals surface area contributed by atoms with E-state index in [0.29, 0.717) is 11.4 Å². The van der Waals surface area contributed by atoms with Crippen LogP contribution >= 0.6 is 21.6 Å². The van der Waals surface area contributed by atoms with Crippen LogP contribution < -0.4 is 16.4 Å². The molecule has 8 heteroatoms. The van der Waals surface area contributed by atoms with Gasteiger partial charge in [0.05, 0.1) is 11.4 Å². The van der Waals surface area contributed by atoms with Crippen molar-refractivity contribution >= 4 is 38.9 Å². The highest BCUT2D eigenvalue weighted by atomic mass is 33.1. The highest BCUT2D eigenvalue weighted by Crippen LogP contribution is 2.32. The Bertz CT molecular complexity index is 735. The molecule has 0 saturated heterocycles. The molecule has 0 atom stereocenters. The fraction of sp³-hybridized carbons (Fsp3) is 0.471. The third-order valence-corrected chi connectivity index (χ3v) is 6.41. The van der Waals surface area contributed by atoms with Gasteiger partial charge in [-0.15, -0.1) is 0 Å². The number of aromatic nitrogens is 2. The first-order valence-electron chi connectivity index (χ1n) is 8.03. The monoisotopic (exact) mass is 381 g/mol. The summed E-state index contributed by atoms with van der Waals surface area (Å²) in [4.78, 5) is 12.4. The number of nitrogen functional groups attached to an aromatic ring is 1. The van der Waals surface area contributed by atoms with Crippen LogP contribution in [0.5, 0.6) is 0 Å². The molecule has 0 radical (unpaired) electrons. The van der Waals surface area contributed by atoms with E-state index in [9.17, 15) is 4.79 Å². The third kappa shape index (κ3) is 5.49. The Labute approximate surface area is 157 Å². The SMILES string of the molecule is CSSC(C)(C)CNCc1cc(NC(=O)c2cc(N)cn2C)cn1C. The van der Waals surface area contributed by atoms with E-state index >= 15 is 0 Å². The Balaban J connectivity index is 1.95. The van der Waals surface area contributed by atoms with E-state index in [1.54, 1.807) is 34.7 Å². The number of rotatable bonds is 8. The van der Waals surface area contributed by atoms with Gasteiger partial charge in [0.15, 0.2) is 0 Å². The lowest BCUT2D eigenvalue weighted by molar-refractivity contribution is 0.101. The maximum atomic E-state index is 12.4. The minimum absolute atomic E-state index is 0.165. The van der Waals surface area contributed by atoms with Gasteiger partial charge in [-0.25, -0.2) is 0 Å². The van der Waals surface area contributed by atoms with Gasteiger partial charge in [0.25, 0.3) is 5.91 Å². The normalized spacial score (nSPS) is 11.7. The Morgan fingerprint density at radius 1 is 1.24 bits per heavy atom. The van der Waals surface area contributed by atoms with Crippen molar-refractivity contribution in [3.8, 4) is 0 Å². The Hall–Kier alpha value is -1.51. The molecule has 25 heavy (non-hydrogen) atoms. The highest BCUT2D eigenvalue weighted by Gasteiger charge is 2.18. The number of carbonyl (C=O) groups excluding carboxylic acids is 1. The fourth-order valence-corrected chi connectivity index (χ4v) is 4.75. The molecule has 0 aliphatic rings. The molecule has 2 aromatic heterocycles. The molecule has 1 amide bonds. The van der Waals surface area contributed by atoms with Crippen LogP contribution in [0.3, 0.4) is 0 Å². The minimum atomic E-state index is -0.165. The molecular formula is C17H27N5OS2. The van der Waals surface area contributed by atoms with E-state index in [1.165, 1.54) is 0 Å². The van der Waals surface area contributed by atoms with Crippen molar-refractivity contribution < 1.29 is 4.79 Å². The first kappa shape index (κ1) is 19.8. The average Bonchev–Trinajstić information content (AvgIpc) is 3.01. The first-order valence-corrected chi connectivity index (χ1v) is 10.6. The smallest absolute Gasteiger partial charge is 0.272 e. The second-order valence-corrected chi connectivity index (χ2v) is 9.77. The summed E-state index contributed by atoms with van der Waals surface area (Å²) in [5.41, 5.74) is 8.75. The van der Waals surface area contributed by atoms with Crippen molar-refractivity contribution in [1.82, 2.24) is 14.5 Å². The molecule has 0 aliphatic heterocycles. The van der Waals surface area contributed by atoms with Crippen LogP contribution in [0.2, 0.25) is 0 Å². The zero-order chi connectivity index (χ0) is 18.6. The second kappa shape index (κ2) is 8.25. The van der Waals surface area contributed by atoms with Gasteiger partial charge in [-0.05, 0) is 32.2 Å². The van der Waals surface area contributed by atoms with Crippen molar-refractivity contribution in [3.63, 3.8) is 0 Å². The standard InChI is InChI=1S/C17H27N5OS2/c1-17(2,25-24-5)11-19-8-14-7-13(10-21(14)3)20-16(23)15-6-12(18)9-22(15)4/h6-7,9-10,19H,8,11,18H2,1-5H3,(H,20,23). The summed E-state index contributed by atoms with van der Waals surface area (Å²) in [6.07, 6.45) is 5.74. The van der Waals surface area contributed by atoms with Crippen molar-refractivity contribution in [2.45, 2.75) is 25.1 Å². The van der Waals surface area contributed by atoms with Crippen LogP contribution in [-0.4, -0.2) is 32.6 Å². The number of anilines is 2. The van der Waals surface area contributed by atoms with Crippen LogP contribution in [-0.2, 0) is 20.6 Å². The molecule has 2 rings (SSSR count). The highest BCUT2D eigenvalue weighted by molar-refractivity contribution is 8.76. The molecule has 0 spiro atoms. The summed E-state index contributed by atoms with van der Waals surface area (Å²) in [7, 11) is 7.43.